The number of nitrogens with zero attached hydrogens (tertiary/aromatic N) is 3. The summed E-state index contributed by atoms with van der Waals surface area (Å²) in [5.41, 5.74) is 2.68. The van der Waals surface area contributed by atoms with Crippen LogP contribution in [0.3, 0.4) is 0 Å². The first kappa shape index (κ1) is 22.7. The monoisotopic (exact) mass is 387 g/mol. The van der Waals surface area contributed by atoms with Crippen LogP contribution in [0.5, 0.6) is 0 Å². The van der Waals surface area contributed by atoms with E-state index in [0.717, 1.165) is 19.0 Å². The van der Waals surface area contributed by atoms with Gasteiger partial charge in [0.25, 0.3) is 0 Å². The van der Waals surface area contributed by atoms with Gasteiger partial charge in [0.05, 0.1) is 6.54 Å². The summed E-state index contributed by atoms with van der Waals surface area (Å²) in [7, 11) is 2.18. The highest BCUT2D eigenvalue weighted by atomic mass is 15.2. The van der Waals surface area contributed by atoms with Crippen LogP contribution >= 0.6 is 0 Å². The molecule has 0 amide bonds. The smallest absolute Gasteiger partial charge is 0.191 e. The molecule has 1 aliphatic rings. The first-order valence-corrected chi connectivity index (χ1v) is 11.1. The van der Waals surface area contributed by atoms with Crippen molar-refractivity contribution in [3.63, 3.8) is 0 Å². The molecule has 0 radical (unpaired) electrons. The van der Waals surface area contributed by atoms with Gasteiger partial charge in [-0.15, -0.1) is 0 Å². The molecule has 1 aliphatic heterocycles. The minimum absolute atomic E-state index is 0.522. The van der Waals surface area contributed by atoms with E-state index in [1.165, 1.54) is 50.0 Å². The van der Waals surface area contributed by atoms with Gasteiger partial charge in [0.2, 0.25) is 0 Å². The lowest BCUT2D eigenvalue weighted by Gasteiger charge is -2.32. The lowest BCUT2D eigenvalue weighted by atomic mass is 10.1. The Balaban J connectivity index is 1.97. The molecule has 0 bridgehead atoms. The van der Waals surface area contributed by atoms with Gasteiger partial charge in [-0.1, -0.05) is 31.2 Å². The molecule has 0 aliphatic carbocycles. The van der Waals surface area contributed by atoms with E-state index in [1.807, 2.05) is 0 Å². The van der Waals surface area contributed by atoms with Crippen LogP contribution in [0.1, 0.15) is 58.1 Å². The Morgan fingerprint density at radius 1 is 1.18 bits per heavy atom. The Bertz CT molecular complexity index is 590. The van der Waals surface area contributed by atoms with Crippen molar-refractivity contribution in [2.24, 2.45) is 4.99 Å². The van der Waals surface area contributed by atoms with E-state index < -0.39 is 0 Å². The molecule has 0 atom stereocenters. The van der Waals surface area contributed by atoms with Gasteiger partial charge in [-0.05, 0) is 64.8 Å². The van der Waals surface area contributed by atoms with Gasteiger partial charge in [-0.25, -0.2) is 4.99 Å². The molecule has 1 aromatic carbocycles. The molecule has 158 valence electrons. The van der Waals surface area contributed by atoms with Crippen molar-refractivity contribution in [3.05, 3.63) is 35.4 Å². The number of hydrogen-bond donors (Lipinski definition) is 2. The van der Waals surface area contributed by atoms with E-state index >= 15 is 0 Å². The molecule has 5 nitrogen and oxygen atoms in total. The third-order valence-electron chi connectivity index (χ3n) is 5.64. The molecule has 28 heavy (non-hydrogen) atoms. The maximum atomic E-state index is 4.91. The van der Waals surface area contributed by atoms with Gasteiger partial charge >= 0.3 is 0 Å². The van der Waals surface area contributed by atoms with Crippen molar-refractivity contribution in [3.8, 4) is 0 Å². The highest BCUT2D eigenvalue weighted by Crippen LogP contribution is 2.14. The van der Waals surface area contributed by atoms with Crippen LogP contribution in [0.4, 0.5) is 0 Å². The fourth-order valence-electron chi connectivity index (χ4n) is 3.61. The van der Waals surface area contributed by atoms with Crippen LogP contribution in [0.2, 0.25) is 0 Å². The SMILES string of the molecule is CCCN1CCC(NC(=NCc2ccccc2CN(C)C(C)C)NCC)CC1. The van der Waals surface area contributed by atoms with E-state index in [-0.39, 0.29) is 0 Å². The number of hydrogen-bond acceptors (Lipinski definition) is 3. The first-order valence-electron chi connectivity index (χ1n) is 11.1. The molecule has 1 fully saturated rings. The number of likely N-dealkylation sites (tertiary alicyclic amines) is 1. The van der Waals surface area contributed by atoms with Crippen LogP contribution in [-0.2, 0) is 13.1 Å². The molecular formula is C23H41N5. The van der Waals surface area contributed by atoms with E-state index in [4.69, 9.17) is 4.99 Å². The summed E-state index contributed by atoms with van der Waals surface area (Å²) in [6, 6.07) is 9.74. The van der Waals surface area contributed by atoms with Crippen molar-refractivity contribution in [1.29, 1.82) is 0 Å². The first-order chi connectivity index (χ1) is 13.5. The fourth-order valence-corrected chi connectivity index (χ4v) is 3.61. The highest BCUT2D eigenvalue weighted by molar-refractivity contribution is 5.80. The van der Waals surface area contributed by atoms with Gasteiger partial charge in [0.15, 0.2) is 5.96 Å². The third-order valence-corrected chi connectivity index (χ3v) is 5.64. The second-order valence-corrected chi connectivity index (χ2v) is 8.23. The van der Waals surface area contributed by atoms with Gasteiger partial charge in [0.1, 0.15) is 0 Å². The standard InChI is InChI=1S/C23H41N5/c1-6-14-28-15-12-22(13-16-28)26-23(24-7-2)25-17-20-10-8-9-11-21(20)18-27(5)19(3)4/h8-11,19,22H,6-7,12-18H2,1-5H3,(H2,24,25,26). The van der Waals surface area contributed by atoms with Gasteiger partial charge < -0.3 is 15.5 Å². The summed E-state index contributed by atoms with van der Waals surface area (Å²) in [6.07, 6.45) is 3.63. The second kappa shape index (κ2) is 12.1. The summed E-state index contributed by atoms with van der Waals surface area (Å²) >= 11 is 0. The topological polar surface area (TPSA) is 42.9 Å². The summed E-state index contributed by atoms with van der Waals surface area (Å²) < 4.78 is 0. The molecule has 1 aromatic rings. The largest absolute Gasteiger partial charge is 0.357 e. The summed E-state index contributed by atoms with van der Waals surface area (Å²) in [5, 5.41) is 7.10. The van der Waals surface area contributed by atoms with Gasteiger partial charge in [-0.2, -0.15) is 0 Å². The summed E-state index contributed by atoms with van der Waals surface area (Å²) in [5.74, 6) is 0.948. The molecule has 1 saturated heterocycles. The van der Waals surface area contributed by atoms with Crippen molar-refractivity contribution in [1.82, 2.24) is 20.4 Å². The number of rotatable bonds is 9. The number of benzene rings is 1. The molecule has 0 spiro atoms. The predicted octanol–water partition coefficient (Wildman–Crippen LogP) is 3.46. The normalized spacial score (nSPS) is 16.8. The average molecular weight is 388 g/mol. The quantitative estimate of drug-likeness (QED) is 0.503. The Hall–Kier alpha value is -1.59. The Morgan fingerprint density at radius 3 is 2.46 bits per heavy atom. The Labute approximate surface area is 172 Å². The Kier molecular flexibility index (Phi) is 9.79. The minimum atomic E-state index is 0.522. The van der Waals surface area contributed by atoms with E-state index in [1.54, 1.807) is 0 Å². The molecule has 0 saturated carbocycles. The van der Waals surface area contributed by atoms with Gasteiger partial charge in [-0.3, -0.25) is 4.90 Å². The van der Waals surface area contributed by atoms with E-state index in [9.17, 15) is 0 Å². The lowest BCUT2D eigenvalue weighted by molar-refractivity contribution is 0.206. The average Bonchev–Trinajstić information content (AvgIpc) is 2.69. The number of guanidine groups is 1. The molecule has 2 N–H and O–H groups in total. The maximum absolute atomic E-state index is 4.91. The van der Waals surface area contributed by atoms with Crippen molar-refractivity contribution in [2.75, 3.05) is 33.2 Å². The third kappa shape index (κ3) is 7.44. The maximum Gasteiger partial charge on any atom is 0.191 e. The Morgan fingerprint density at radius 2 is 1.86 bits per heavy atom. The fraction of sp³-hybridized carbons (Fsp3) is 0.696. The van der Waals surface area contributed by atoms with Crippen LogP contribution in [0, 0.1) is 0 Å². The van der Waals surface area contributed by atoms with Crippen LogP contribution in [0.15, 0.2) is 29.3 Å². The lowest BCUT2D eigenvalue weighted by Crippen LogP contribution is -2.48. The molecule has 0 aromatic heterocycles. The zero-order chi connectivity index (χ0) is 20.4. The van der Waals surface area contributed by atoms with Crippen molar-refractivity contribution in [2.45, 2.75) is 72.1 Å². The number of piperidine rings is 1. The van der Waals surface area contributed by atoms with Crippen molar-refractivity contribution >= 4 is 5.96 Å². The van der Waals surface area contributed by atoms with Crippen LogP contribution in [0.25, 0.3) is 0 Å². The molecule has 1 heterocycles. The van der Waals surface area contributed by atoms with E-state index in [2.05, 4.69) is 79.4 Å². The van der Waals surface area contributed by atoms with Crippen LogP contribution in [-0.4, -0.2) is 61.1 Å². The molecule has 2 rings (SSSR count). The number of aliphatic imine (C=N–C) groups is 1. The number of nitrogens with one attached hydrogen (secondary N) is 2. The summed E-state index contributed by atoms with van der Waals surface area (Å²) in [6.45, 7) is 15.0. The second-order valence-electron chi connectivity index (χ2n) is 8.23. The summed E-state index contributed by atoms with van der Waals surface area (Å²) in [4.78, 5) is 9.85. The molecular weight excluding hydrogens is 346 g/mol. The minimum Gasteiger partial charge on any atom is -0.357 e. The van der Waals surface area contributed by atoms with Crippen LogP contribution < -0.4 is 10.6 Å². The molecule has 5 heteroatoms. The zero-order valence-electron chi connectivity index (χ0n) is 18.7. The molecule has 0 unspecified atom stereocenters. The van der Waals surface area contributed by atoms with Crippen molar-refractivity contribution < 1.29 is 0 Å². The van der Waals surface area contributed by atoms with Gasteiger partial charge in [0, 0.05) is 38.3 Å². The zero-order valence-corrected chi connectivity index (χ0v) is 18.7. The predicted molar refractivity (Wildman–Crippen MR) is 121 cm³/mol. The van der Waals surface area contributed by atoms with E-state index in [0.29, 0.717) is 18.6 Å². The highest BCUT2D eigenvalue weighted by Gasteiger charge is 2.19.